The predicted molar refractivity (Wildman–Crippen MR) is 73.9 cm³/mol. The monoisotopic (exact) mass is 271 g/mol. The van der Waals surface area contributed by atoms with Crippen LogP contribution in [-0.2, 0) is 9.59 Å². The normalized spacial score (nSPS) is 17.8. The second-order valence-corrected chi connectivity index (χ2v) is 5.43. The Morgan fingerprint density at radius 1 is 1.11 bits per heavy atom. The summed E-state index contributed by atoms with van der Waals surface area (Å²) in [6.45, 7) is 7.71. The van der Waals surface area contributed by atoms with Gasteiger partial charge < -0.3 is 15.5 Å². The molecule has 1 rings (SSSR count). The van der Waals surface area contributed by atoms with E-state index in [0.717, 1.165) is 0 Å². The Kier molecular flexibility index (Phi) is 5.07. The second kappa shape index (κ2) is 6.13. The van der Waals surface area contributed by atoms with Gasteiger partial charge >= 0.3 is 0 Å². The number of carbonyl (C=O) groups excluding carboxylic acids is 2. The van der Waals surface area contributed by atoms with Crippen LogP contribution in [0, 0.1) is 11.8 Å². The van der Waals surface area contributed by atoms with Crippen LogP contribution in [0.3, 0.4) is 0 Å². The van der Waals surface area contributed by atoms with Crippen LogP contribution in [0.15, 0.2) is 0 Å². The number of piperazine rings is 1. The van der Waals surface area contributed by atoms with Gasteiger partial charge in [0.05, 0.1) is 10.9 Å². The fourth-order valence-electron chi connectivity index (χ4n) is 2.17. The molecule has 0 aromatic carbocycles. The average molecular weight is 271 g/mol. The fourth-order valence-corrected chi connectivity index (χ4v) is 2.55. The first-order valence-electron chi connectivity index (χ1n) is 6.18. The van der Waals surface area contributed by atoms with Crippen LogP contribution < -0.4 is 5.73 Å². The molecule has 0 saturated carbocycles. The number of nitrogens with two attached hydrogens (primary N) is 1. The van der Waals surface area contributed by atoms with Gasteiger partial charge in [0.1, 0.15) is 0 Å². The summed E-state index contributed by atoms with van der Waals surface area (Å²) in [5, 5.41) is 0. The third-order valence-corrected chi connectivity index (χ3v) is 3.53. The molecular weight excluding hydrogens is 250 g/mol. The first-order chi connectivity index (χ1) is 8.34. The third kappa shape index (κ3) is 3.41. The molecular formula is C12H21N3O2S. The SMILES string of the molecule is CC(=O)N1CCN(C(=O)C(C(N)=S)C(C)C)CC1. The molecule has 1 saturated heterocycles. The van der Waals surface area contributed by atoms with Crippen LogP contribution in [0.4, 0.5) is 0 Å². The van der Waals surface area contributed by atoms with Gasteiger partial charge in [0.2, 0.25) is 11.8 Å². The highest BCUT2D eigenvalue weighted by atomic mass is 32.1. The fraction of sp³-hybridized carbons (Fsp3) is 0.750. The Balaban J connectivity index is 2.64. The van der Waals surface area contributed by atoms with Crippen molar-refractivity contribution >= 4 is 29.0 Å². The molecule has 1 atom stereocenters. The Labute approximate surface area is 113 Å². The van der Waals surface area contributed by atoms with E-state index in [9.17, 15) is 9.59 Å². The topological polar surface area (TPSA) is 66.6 Å². The summed E-state index contributed by atoms with van der Waals surface area (Å²) in [5.74, 6) is -0.262. The van der Waals surface area contributed by atoms with Crippen molar-refractivity contribution in [3.05, 3.63) is 0 Å². The van der Waals surface area contributed by atoms with Crippen molar-refractivity contribution in [2.75, 3.05) is 26.2 Å². The van der Waals surface area contributed by atoms with Gasteiger partial charge in [0, 0.05) is 33.1 Å². The van der Waals surface area contributed by atoms with Crippen LogP contribution in [0.25, 0.3) is 0 Å². The van der Waals surface area contributed by atoms with Gasteiger partial charge in [-0.05, 0) is 5.92 Å². The highest BCUT2D eigenvalue weighted by molar-refractivity contribution is 7.80. The van der Waals surface area contributed by atoms with Gasteiger partial charge in [0.15, 0.2) is 0 Å². The smallest absolute Gasteiger partial charge is 0.232 e. The first kappa shape index (κ1) is 14.9. The molecule has 18 heavy (non-hydrogen) atoms. The quantitative estimate of drug-likeness (QED) is 0.747. The lowest BCUT2D eigenvalue weighted by molar-refractivity contribution is -0.140. The maximum absolute atomic E-state index is 12.3. The zero-order valence-corrected chi connectivity index (χ0v) is 12.0. The summed E-state index contributed by atoms with van der Waals surface area (Å²) in [5.41, 5.74) is 5.64. The van der Waals surface area contributed by atoms with Crippen LogP contribution in [0.5, 0.6) is 0 Å². The van der Waals surface area contributed by atoms with Crippen LogP contribution >= 0.6 is 12.2 Å². The van der Waals surface area contributed by atoms with E-state index in [1.54, 1.807) is 16.7 Å². The molecule has 2 amide bonds. The van der Waals surface area contributed by atoms with E-state index in [2.05, 4.69) is 0 Å². The van der Waals surface area contributed by atoms with E-state index in [1.807, 2.05) is 13.8 Å². The Morgan fingerprint density at radius 3 is 1.89 bits per heavy atom. The van der Waals surface area contributed by atoms with E-state index in [4.69, 9.17) is 18.0 Å². The summed E-state index contributed by atoms with van der Waals surface area (Å²) >= 11 is 4.97. The number of hydrogen-bond donors (Lipinski definition) is 1. The molecule has 0 aromatic rings. The molecule has 6 heteroatoms. The van der Waals surface area contributed by atoms with Crippen molar-refractivity contribution in [1.29, 1.82) is 0 Å². The number of amides is 2. The molecule has 2 N–H and O–H groups in total. The molecule has 1 fully saturated rings. The van der Waals surface area contributed by atoms with Gasteiger partial charge in [-0.25, -0.2) is 0 Å². The molecule has 1 aliphatic rings. The molecule has 102 valence electrons. The zero-order chi connectivity index (χ0) is 13.9. The molecule has 0 bridgehead atoms. The van der Waals surface area contributed by atoms with Gasteiger partial charge in [-0.15, -0.1) is 0 Å². The zero-order valence-electron chi connectivity index (χ0n) is 11.2. The second-order valence-electron chi connectivity index (χ2n) is 4.96. The highest BCUT2D eigenvalue weighted by Crippen LogP contribution is 2.16. The lowest BCUT2D eigenvalue weighted by atomic mass is 9.94. The number of hydrogen-bond acceptors (Lipinski definition) is 3. The van der Waals surface area contributed by atoms with Crippen LogP contribution in [0.1, 0.15) is 20.8 Å². The van der Waals surface area contributed by atoms with Gasteiger partial charge in [-0.2, -0.15) is 0 Å². The van der Waals surface area contributed by atoms with Crippen molar-refractivity contribution in [1.82, 2.24) is 9.80 Å². The lowest BCUT2D eigenvalue weighted by Crippen LogP contribution is -2.53. The standard InChI is InChI=1S/C12H21N3O2S/c1-8(2)10(11(13)18)12(17)15-6-4-14(5-7-15)9(3)16/h8,10H,4-7H2,1-3H3,(H2,13,18). The minimum Gasteiger partial charge on any atom is -0.393 e. The highest BCUT2D eigenvalue weighted by Gasteiger charge is 2.31. The minimum absolute atomic E-state index is 0.0132. The van der Waals surface area contributed by atoms with Gasteiger partial charge in [-0.3, -0.25) is 9.59 Å². The Bertz CT molecular complexity index is 349. The molecule has 0 aliphatic carbocycles. The van der Waals surface area contributed by atoms with Crippen molar-refractivity contribution in [2.24, 2.45) is 17.6 Å². The molecule has 0 aromatic heterocycles. The van der Waals surface area contributed by atoms with Crippen molar-refractivity contribution in [3.63, 3.8) is 0 Å². The average Bonchev–Trinajstić information content (AvgIpc) is 2.28. The summed E-state index contributed by atoms with van der Waals surface area (Å²) in [7, 11) is 0. The van der Waals surface area contributed by atoms with E-state index in [1.165, 1.54) is 0 Å². The van der Waals surface area contributed by atoms with Gasteiger partial charge in [-0.1, -0.05) is 26.1 Å². The first-order valence-corrected chi connectivity index (χ1v) is 6.59. The molecule has 1 unspecified atom stereocenters. The predicted octanol–water partition coefficient (Wildman–Crippen LogP) is 0.235. The summed E-state index contributed by atoms with van der Waals surface area (Å²) in [6.07, 6.45) is 0. The molecule has 1 aliphatic heterocycles. The van der Waals surface area contributed by atoms with Crippen LogP contribution in [-0.4, -0.2) is 52.8 Å². The van der Waals surface area contributed by atoms with Gasteiger partial charge in [0.25, 0.3) is 0 Å². The number of nitrogens with zero attached hydrogens (tertiary/aromatic N) is 2. The minimum atomic E-state index is -0.399. The largest absolute Gasteiger partial charge is 0.393 e. The number of carbonyl (C=O) groups is 2. The number of thiocarbonyl (C=S) groups is 1. The summed E-state index contributed by atoms with van der Waals surface area (Å²) < 4.78 is 0. The lowest BCUT2D eigenvalue weighted by Gasteiger charge is -2.36. The van der Waals surface area contributed by atoms with Crippen molar-refractivity contribution in [2.45, 2.75) is 20.8 Å². The van der Waals surface area contributed by atoms with E-state index >= 15 is 0 Å². The van der Waals surface area contributed by atoms with E-state index < -0.39 is 5.92 Å². The molecule has 0 radical (unpaired) electrons. The Morgan fingerprint density at radius 2 is 1.56 bits per heavy atom. The van der Waals surface area contributed by atoms with E-state index in [-0.39, 0.29) is 22.7 Å². The molecule has 0 spiro atoms. The van der Waals surface area contributed by atoms with Crippen molar-refractivity contribution in [3.8, 4) is 0 Å². The maximum atomic E-state index is 12.3. The number of rotatable bonds is 3. The summed E-state index contributed by atoms with van der Waals surface area (Å²) in [4.78, 5) is 27.3. The molecule has 1 heterocycles. The third-order valence-electron chi connectivity index (χ3n) is 3.28. The van der Waals surface area contributed by atoms with Crippen LogP contribution in [0.2, 0.25) is 0 Å². The van der Waals surface area contributed by atoms with Crippen molar-refractivity contribution < 1.29 is 9.59 Å². The Hall–Kier alpha value is -1.17. The maximum Gasteiger partial charge on any atom is 0.232 e. The summed E-state index contributed by atoms with van der Waals surface area (Å²) in [6, 6.07) is 0. The van der Waals surface area contributed by atoms with E-state index in [0.29, 0.717) is 26.2 Å². The molecule has 5 nitrogen and oxygen atoms in total.